The molecule has 92 valence electrons. The molecule has 0 aliphatic carbocycles. The van der Waals surface area contributed by atoms with Gasteiger partial charge in [-0.2, -0.15) is 0 Å². The van der Waals surface area contributed by atoms with Gasteiger partial charge in [-0.3, -0.25) is 9.59 Å². The Bertz CT molecular complexity index is 398. The highest BCUT2D eigenvalue weighted by Crippen LogP contribution is 2.15. The second kappa shape index (κ2) is 6.03. The van der Waals surface area contributed by atoms with E-state index in [0.717, 1.165) is 0 Å². The van der Waals surface area contributed by atoms with Gasteiger partial charge in [0.25, 0.3) is 5.91 Å². The molecule has 0 aromatic heterocycles. The third kappa shape index (κ3) is 3.59. The maximum Gasteiger partial charge on any atom is 0.260 e. The molecule has 0 bridgehead atoms. The normalized spacial score (nSPS) is 11.7. The Labute approximate surface area is 101 Å². The van der Waals surface area contributed by atoms with E-state index in [1.165, 1.54) is 0 Å². The molecule has 1 unspecified atom stereocenters. The van der Waals surface area contributed by atoms with Crippen LogP contribution in [0.25, 0.3) is 0 Å². The van der Waals surface area contributed by atoms with Crippen LogP contribution < -0.4 is 10.1 Å². The fourth-order valence-electron chi connectivity index (χ4n) is 1.38. The summed E-state index contributed by atoms with van der Waals surface area (Å²) in [5, 5.41) is 2.51. The Balaban J connectivity index is 2.68. The van der Waals surface area contributed by atoms with E-state index in [1.54, 1.807) is 38.2 Å². The van der Waals surface area contributed by atoms with Gasteiger partial charge in [0.2, 0.25) is 0 Å². The lowest BCUT2D eigenvalue weighted by molar-refractivity contribution is -0.126. The number of benzene rings is 1. The van der Waals surface area contributed by atoms with Crippen LogP contribution in [-0.4, -0.2) is 24.8 Å². The Kier molecular flexibility index (Phi) is 4.69. The van der Waals surface area contributed by atoms with Gasteiger partial charge in [-0.25, -0.2) is 0 Å². The number of amides is 1. The summed E-state index contributed by atoms with van der Waals surface area (Å²) in [5.41, 5.74) is 0.660. The van der Waals surface area contributed by atoms with Gasteiger partial charge in [0.05, 0.1) is 0 Å². The number of ether oxygens (including phenoxy) is 1. The van der Waals surface area contributed by atoms with Crippen LogP contribution in [0.2, 0.25) is 0 Å². The van der Waals surface area contributed by atoms with E-state index in [4.69, 9.17) is 4.74 Å². The van der Waals surface area contributed by atoms with Crippen LogP contribution in [0.15, 0.2) is 24.3 Å². The van der Waals surface area contributed by atoms with Crippen molar-refractivity contribution in [3.63, 3.8) is 0 Å². The van der Waals surface area contributed by atoms with Gasteiger partial charge in [-0.1, -0.05) is 6.92 Å². The number of nitrogens with one attached hydrogen (secondary N) is 1. The molecule has 0 saturated carbocycles. The number of rotatable bonds is 5. The number of carbonyl (C=O) groups is 2. The lowest BCUT2D eigenvalue weighted by Crippen LogP contribution is -2.33. The number of likely N-dealkylation sites (N-methyl/N-ethyl adjacent to an activating group) is 1. The summed E-state index contributed by atoms with van der Waals surface area (Å²) in [4.78, 5) is 22.6. The van der Waals surface area contributed by atoms with Crippen LogP contribution in [0.5, 0.6) is 5.75 Å². The lowest BCUT2D eigenvalue weighted by Gasteiger charge is -2.13. The van der Waals surface area contributed by atoms with Crippen molar-refractivity contribution in [2.45, 2.75) is 26.4 Å². The molecule has 0 heterocycles. The van der Waals surface area contributed by atoms with Crippen LogP contribution in [-0.2, 0) is 4.79 Å². The Morgan fingerprint density at radius 2 is 1.88 bits per heavy atom. The van der Waals surface area contributed by atoms with Gasteiger partial charge in [-0.05, 0) is 31.2 Å². The van der Waals surface area contributed by atoms with Crippen LogP contribution in [0.1, 0.15) is 30.6 Å². The van der Waals surface area contributed by atoms with E-state index in [0.29, 0.717) is 17.7 Å². The minimum atomic E-state index is -0.548. The molecule has 0 saturated heterocycles. The molecule has 1 atom stereocenters. The molecular weight excluding hydrogens is 218 g/mol. The van der Waals surface area contributed by atoms with E-state index in [2.05, 4.69) is 5.32 Å². The van der Waals surface area contributed by atoms with E-state index in [1.807, 2.05) is 6.92 Å². The largest absolute Gasteiger partial charge is 0.481 e. The molecule has 0 radical (unpaired) electrons. The summed E-state index contributed by atoms with van der Waals surface area (Å²) < 4.78 is 5.41. The quantitative estimate of drug-likeness (QED) is 0.792. The van der Waals surface area contributed by atoms with Gasteiger partial charge in [0.15, 0.2) is 11.9 Å². The molecule has 0 spiro atoms. The molecule has 1 N–H and O–H groups in total. The average molecular weight is 235 g/mol. The number of carbonyl (C=O) groups excluding carboxylic acids is 2. The standard InChI is InChI=1S/C13H17NO3/c1-4-12(15)10-5-7-11(8-6-10)17-9(2)13(16)14-3/h5-9H,4H2,1-3H3,(H,14,16). The fraction of sp³-hybridized carbons (Fsp3) is 0.385. The van der Waals surface area contributed by atoms with Crippen LogP contribution in [0.4, 0.5) is 0 Å². The van der Waals surface area contributed by atoms with Crippen molar-refractivity contribution < 1.29 is 14.3 Å². The van der Waals surface area contributed by atoms with Gasteiger partial charge in [0.1, 0.15) is 5.75 Å². The number of hydrogen-bond acceptors (Lipinski definition) is 3. The van der Waals surface area contributed by atoms with Crippen molar-refractivity contribution in [2.24, 2.45) is 0 Å². The minimum Gasteiger partial charge on any atom is -0.481 e. The smallest absolute Gasteiger partial charge is 0.260 e. The molecule has 4 nitrogen and oxygen atoms in total. The van der Waals surface area contributed by atoms with Crippen molar-refractivity contribution in [1.29, 1.82) is 0 Å². The number of ketones is 1. The first-order valence-electron chi connectivity index (χ1n) is 5.60. The van der Waals surface area contributed by atoms with Gasteiger partial charge in [0, 0.05) is 19.0 Å². The maximum absolute atomic E-state index is 11.4. The average Bonchev–Trinajstić information content (AvgIpc) is 2.37. The maximum atomic E-state index is 11.4. The first-order chi connectivity index (χ1) is 8.08. The van der Waals surface area contributed by atoms with E-state index < -0.39 is 6.10 Å². The molecule has 0 aliphatic heterocycles. The first-order valence-corrected chi connectivity index (χ1v) is 5.60. The van der Waals surface area contributed by atoms with Crippen molar-refractivity contribution in [1.82, 2.24) is 5.32 Å². The monoisotopic (exact) mass is 235 g/mol. The highest BCUT2D eigenvalue weighted by atomic mass is 16.5. The Morgan fingerprint density at radius 1 is 1.29 bits per heavy atom. The highest BCUT2D eigenvalue weighted by Gasteiger charge is 2.12. The summed E-state index contributed by atoms with van der Waals surface area (Å²) >= 11 is 0. The van der Waals surface area contributed by atoms with E-state index >= 15 is 0 Å². The molecule has 1 aromatic carbocycles. The summed E-state index contributed by atoms with van der Waals surface area (Å²) in [6.45, 7) is 3.49. The predicted molar refractivity (Wildman–Crippen MR) is 65.2 cm³/mol. The summed E-state index contributed by atoms with van der Waals surface area (Å²) in [5.74, 6) is 0.489. The first kappa shape index (κ1) is 13.2. The second-order valence-electron chi connectivity index (χ2n) is 3.68. The third-order valence-electron chi connectivity index (χ3n) is 2.43. The lowest BCUT2D eigenvalue weighted by atomic mass is 10.1. The zero-order valence-corrected chi connectivity index (χ0v) is 10.3. The molecule has 0 fully saturated rings. The van der Waals surface area contributed by atoms with Gasteiger partial charge >= 0.3 is 0 Å². The number of Topliss-reactive ketones (excluding diaryl/α,β-unsaturated/α-hetero) is 1. The van der Waals surface area contributed by atoms with Gasteiger partial charge < -0.3 is 10.1 Å². The van der Waals surface area contributed by atoms with Crippen molar-refractivity contribution in [3.05, 3.63) is 29.8 Å². The zero-order valence-electron chi connectivity index (χ0n) is 10.3. The molecule has 17 heavy (non-hydrogen) atoms. The summed E-state index contributed by atoms with van der Waals surface area (Å²) in [6, 6.07) is 6.81. The van der Waals surface area contributed by atoms with Crippen molar-refractivity contribution in [3.8, 4) is 5.75 Å². The van der Waals surface area contributed by atoms with E-state index in [-0.39, 0.29) is 11.7 Å². The summed E-state index contributed by atoms with van der Waals surface area (Å²) in [6.07, 6.45) is -0.0674. The fourth-order valence-corrected chi connectivity index (χ4v) is 1.38. The summed E-state index contributed by atoms with van der Waals surface area (Å²) in [7, 11) is 1.56. The Hall–Kier alpha value is -1.84. The number of hydrogen-bond donors (Lipinski definition) is 1. The predicted octanol–water partition coefficient (Wildman–Crippen LogP) is 1.79. The SMILES string of the molecule is CCC(=O)c1ccc(OC(C)C(=O)NC)cc1. The molecular formula is C13H17NO3. The van der Waals surface area contributed by atoms with E-state index in [9.17, 15) is 9.59 Å². The minimum absolute atomic E-state index is 0.0934. The van der Waals surface area contributed by atoms with Crippen molar-refractivity contribution in [2.75, 3.05) is 7.05 Å². The van der Waals surface area contributed by atoms with Crippen LogP contribution in [0, 0.1) is 0 Å². The molecule has 4 heteroatoms. The van der Waals surface area contributed by atoms with Crippen LogP contribution in [0.3, 0.4) is 0 Å². The van der Waals surface area contributed by atoms with Gasteiger partial charge in [-0.15, -0.1) is 0 Å². The highest BCUT2D eigenvalue weighted by molar-refractivity contribution is 5.95. The third-order valence-corrected chi connectivity index (χ3v) is 2.43. The molecule has 1 amide bonds. The van der Waals surface area contributed by atoms with Crippen LogP contribution >= 0.6 is 0 Å². The molecule has 1 rings (SSSR count). The second-order valence-corrected chi connectivity index (χ2v) is 3.68. The van der Waals surface area contributed by atoms with Crippen molar-refractivity contribution >= 4 is 11.7 Å². The Morgan fingerprint density at radius 3 is 2.35 bits per heavy atom. The molecule has 0 aliphatic rings. The molecule has 1 aromatic rings. The zero-order chi connectivity index (χ0) is 12.8. The topological polar surface area (TPSA) is 55.4 Å².